The lowest BCUT2D eigenvalue weighted by Gasteiger charge is -2.30. The Hall–Kier alpha value is -4.48. The van der Waals surface area contributed by atoms with Gasteiger partial charge in [-0.05, 0) is 60.4 Å². The lowest BCUT2D eigenvalue weighted by atomic mass is 9.92. The van der Waals surface area contributed by atoms with E-state index < -0.39 is 17.6 Å². The molecule has 0 aliphatic carbocycles. The number of H-pyrrole nitrogens is 1. The van der Waals surface area contributed by atoms with E-state index >= 15 is 0 Å². The highest BCUT2D eigenvalue weighted by Gasteiger charge is 2.42. The molecule has 3 aromatic rings. The van der Waals surface area contributed by atoms with Gasteiger partial charge in [0.1, 0.15) is 5.69 Å². The van der Waals surface area contributed by atoms with Gasteiger partial charge in [-0.25, -0.2) is 5.48 Å². The number of nitrogens with one attached hydrogen (secondary N) is 3. The standard InChI is InChI=1S/C23H20N6O4/c24-19-11-7-17(8-12-19)4-2-1-3-16-5-9-18(10-6-16)22(31)27-20(14-26-33)23(32,15-30)21-13-25-29-28-21/h5-13,15,20,26,32-33H,14,24H2,(H,27,31)(H,25,28,29). The number of carbonyl (C=O) groups excluding carboxylic acids is 2. The Morgan fingerprint density at radius 2 is 1.73 bits per heavy atom. The number of hydroxylamine groups is 1. The topological polar surface area (TPSA) is 166 Å². The zero-order valence-corrected chi connectivity index (χ0v) is 17.2. The number of aromatic nitrogens is 3. The van der Waals surface area contributed by atoms with E-state index in [1.54, 1.807) is 36.4 Å². The number of hydrogen-bond acceptors (Lipinski definition) is 8. The Balaban J connectivity index is 1.69. The molecule has 0 aliphatic rings. The van der Waals surface area contributed by atoms with E-state index in [1.165, 1.54) is 18.3 Å². The molecule has 1 heterocycles. The monoisotopic (exact) mass is 444 g/mol. The number of nitrogens with two attached hydrogens (primary N) is 1. The van der Waals surface area contributed by atoms with Crippen LogP contribution in [-0.4, -0.2) is 50.5 Å². The van der Waals surface area contributed by atoms with E-state index in [0.29, 0.717) is 11.3 Å². The van der Waals surface area contributed by atoms with E-state index in [2.05, 4.69) is 44.4 Å². The zero-order valence-electron chi connectivity index (χ0n) is 17.2. The van der Waals surface area contributed by atoms with Crippen molar-refractivity contribution >= 4 is 17.9 Å². The highest BCUT2D eigenvalue weighted by Crippen LogP contribution is 2.20. The average molecular weight is 444 g/mol. The SMILES string of the molecule is Nc1ccc(C#CC#Cc2ccc(C(=O)NC(CNO)C(O)(C=O)c3c[nH]nn3)cc2)cc1. The van der Waals surface area contributed by atoms with Gasteiger partial charge in [-0.15, -0.1) is 5.10 Å². The van der Waals surface area contributed by atoms with Gasteiger partial charge in [0.25, 0.3) is 5.91 Å². The van der Waals surface area contributed by atoms with Crippen LogP contribution >= 0.6 is 0 Å². The second-order valence-corrected chi connectivity index (χ2v) is 6.89. The third-order valence-corrected chi connectivity index (χ3v) is 4.67. The molecular weight excluding hydrogens is 424 g/mol. The van der Waals surface area contributed by atoms with Gasteiger partial charge in [0, 0.05) is 35.1 Å². The Morgan fingerprint density at radius 1 is 1.12 bits per heavy atom. The fourth-order valence-electron chi connectivity index (χ4n) is 2.85. The fourth-order valence-corrected chi connectivity index (χ4v) is 2.85. The van der Waals surface area contributed by atoms with Crippen LogP contribution in [0.3, 0.4) is 0 Å². The number of nitrogens with zero attached hydrogens (tertiary/aromatic N) is 2. The van der Waals surface area contributed by atoms with Crippen LogP contribution in [0.15, 0.2) is 54.7 Å². The molecule has 7 N–H and O–H groups in total. The minimum Gasteiger partial charge on any atom is -0.399 e. The van der Waals surface area contributed by atoms with Gasteiger partial charge >= 0.3 is 0 Å². The smallest absolute Gasteiger partial charge is 0.251 e. The number of benzene rings is 2. The first-order valence-corrected chi connectivity index (χ1v) is 9.67. The van der Waals surface area contributed by atoms with E-state index in [-0.39, 0.29) is 24.1 Å². The number of anilines is 1. The first-order chi connectivity index (χ1) is 16.0. The molecule has 0 saturated carbocycles. The first kappa shape index (κ1) is 23.2. The summed E-state index contributed by atoms with van der Waals surface area (Å²) in [5, 5.41) is 31.8. The molecule has 2 atom stereocenters. The van der Waals surface area contributed by atoms with Crippen molar-refractivity contribution in [2.45, 2.75) is 11.6 Å². The van der Waals surface area contributed by atoms with Crippen molar-refractivity contribution in [3.8, 4) is 23.7 Å². The van der Waals surface area contributed by atoms with Crippen LogP contribution in [0.2, 0.25) is 0 Å². The van der Waals surface area contributed by atoms with Crippen molar-refractivity contribution in [3.63, 3.8) is 0 Å². The maximum absolute atomic E-state index is 12.7. The number of aldehydes is 1. The molecule has 3 rings (SSSR count). The minimum atomic E-state index is -2.22. The number of hydrogen-bond donors (Lipinski definition) is 6. The van der Waals surface area contributed by atoms with Crippen molar-refractivity contribution in [1.29, 1.82) is 0 Å². The number of rotatable bonds is 7. The Kier molecular flexibility index (Phi) is 7.52. The zero-order chi connectivity index (χ0) is 23.7. The highest BCUT2D eigenvalue weighted by atomic mass is 16.5. The summed E-state index contributed by atoms with van der Waals surface area (Å²) in [6.07, 6.45) is 1.44. The van der Waals surface area contributed by atoms with Crippen LogP contribution in [0.4, 0.5) is 5.69 Å². The fraction of sp³-hybridized carbons (Fsp3) is 0.130. The number of amides is 1. The number of nitrogen functional groups attached to an aromatic ring is 1. The van der Waals surface area contributed by atoms with Gasteiger partial charge in [-0.1, -0.05) is 17.1 Å². The molecule has 1 aromatic heterocycles. The van der Waals surface area contributed by atoms with Gasteiger partial charge in [-0.2, -0.15) is 0 Å². The molecule has 0 radical (unpaired) electrons. The van der Waals surface area contributed by atoms with Crippen molar-refractivity contribution in [1.82, 2.24) is 26.2 Å². The molecule has 0 aliphatic heterocycles. The Bertz CT molecular complexity index is 1220. The first-order valence-electron chi connectivity index (χ1n) is 9.67. The van der Waals surface area contributed by atoms with Crippen LogP contribution < -0.4 is 16.5 Å². The van der Waals surface area contributed by atoms with E-state index in [0.717, 1.165) is 5.56 Å². The van der Waals surface area contributed by atoms with Crippen LogP contribution in [0.1, 0.15) is 27.2 Å². The van der Waals surface area contributed by atoms with Crippen molar-refractivity contribution < 1.29 is 19.9 Å². The number of carbonyl (C=O) groups is 2. The molecular formula is C23H20N6O4. The Morgan fingerprint density at radius 3 is 2.24 bits per heavy atom. The van der Waals surface area contributed by atoms with E-state index in [4.69, 9.17) is 10.9 Å². The molecule has 0 spiro atoms. The third-order valence-electron chi connectivity index (χ3n) is 4.67. The molecule has 2 unspecified atom stereocenters. The number of aliphatic hydroxyl groups is 1. The van der Waals surface area contributed by atoms with Crippen LogP contribution in [0, 0.1) is 23.7 Å². The molecule has 2 aromatic carbocycles. The van der Waals surface area contributed by atoms with Crippen LogP contribution in [-0.2, 0) is 10.4 Å². The van der Waals surface area contributed by atoms with Crippen molar-refractivity contribution in [2.24, 2.45) is 0 Å². The minimum absolute atomic E-state index is 0.108. The molecule has 10 heteroatoms. The van der Waals surface area contributed by atoms with E-state index in [9.17, 15) is 14.7 Å². The van der Waals surface area contributed by atoms with Crippen LogP contribution in [0.25, 0.3) is 0 Å². The summed E-state index contributed by atoms with van der Waals surface area (Å²) in [5.74, 6) is 10.7. The largest absolute Gasteiger partial charge is 0.399 e. The normalized spacial score (nSPS) is 12.8. The quantitative estimate of drug-likeness (QED) is 0.128. The van der Waals surface area contributed by atoms with Gasteiger partial charge < -0.3 is 21.4 Å². The summed E-state index contributed by atoms with van der Waals surface area (Å²) in [6, 6.07) is 12.2. The molecule has 33 heavy (non-hydrogen) atoms. The number of aromatic amines is 1. The summed E-state index contributed by atoms with van der Waals surface area (Å²) >= 11 is 0. The van der Waals surface area contributed by atoms with Gasteiger partial charge in [0.2, 0.25) is 0 Å². The second-order valence-electron chi connectivity index (χ2n) is 6.89. The molecule has 0 fully saturated rings. The maximum Gasteiger partial charge on any atom is 0.251 e. The molecule has 10 nitrogen and oxygen atoms in total. The highest BCUT2D eigenvalue weighted by molar-refractivity contribution is 5.95. The summed E-state index contributed by atoms with van der Waals surface area (Å²) in [7, 11) is 0. The summed E-state index contributed by atoms with van der Waals surface area (Å²) < 4.78 is 0. The predicted octanol–water partition coefficient (Wildman–Crippen LogP) is -0.0460. The maximum atomic E-state index is 12.7. The molecule has 0 bridgehead atoms. The second kappa shape index (κ2) is 10.7. The van der Waals surface area contributed by atoms with Crippen molar-refractivity contribution in [3.05, 3.63) is 77.1 Å². The van der Waals surface area contributed by atoms with Gasteiger partial charge in [-0.3, -0.25) is 14.7 Å². The molecule has 1 amide bonds. The summed E-state index contributed by atoms with van der Waals surface area (Å²) in [4.78, 5) is 24.3. The summed E-state index contributed by atoms with van der Waals surface area (Å²) in [6.45, 7) is -0.329. The third kappa shape index (κ3) is 5.81. The molecule has 0 saturated heterocycles. The van der Waals surface area contributed by atoms with Crippen LogP contribution in [0.5, 0.6) is 0 Å². The predicted molar refractivity (Wildman–Crippen MR) is 118 cm³/mol. The van der Waals surface area contributed by atoms with Crippen molar-refractivity contribution in [2.75, 3.05) is 12.3 Å². The average Bonchev–Trinajstić information content (AvgIpc) is 3.38. The Labute approximate surface area is 189 Å². The summed E-state index contributed by atoms with van der Waals surface area (Å²) in [5.41, 5.74) is 7.49. The lowest BCUT2D eigenvalue weighted by molar-refractivity contribution is -0.128. The molecule has 166 valence electrons. The van der Waals surface area contributed by atoms with Gasteiger partial charge in [0.15, 0.2) is 11.9 Å². The van der Waals surface area contributed by atoms with Gasteiger partial charge in [0.05, 0.1) is 6.04 Å². The van der Waals surface area contributed by atoms with E-state index in [1.807, 2.05) is 5.48 Å². The lowest BCUT2D eigenvalue weighted by Crippen LogP contribution is -2.56.